The van der Waals surface area contributed by atoms with Gasteiger partial charge in [0.2, 0.25) is 11.8 Å². The highest BCUT2D eigenvalue weighted by Crippen LogP contribution is 2.27. The summed E-state index contributed by atoms with van der Waals surface area (Å²) in [5.74, 6) is -0.668. The quantitative estimate of drug-likeness (QED) is 0.633. The first-order chi connectivity index (χ1) is 12.0. The van der Waals surface area contributed by atoms with Crippen LogP contribution in [0.25, 0.3) is 0 Å². The van der Waals surface area contributed by atoms with Gasteiger partial charge in [0.25, 0.3) is 0 Å². The number of hydrogen-bond acceptors (Lipinski definition) is 3. The number of para-hydroxylation sites is 1. The fourth-order valence-corrected chi connectivity index (χ4v) is 3.06. The molecule has 0 bridgehead atoms. The number of amides is 2. The molecular weight excluding hydrogens is 382 g/mol. The van der Waals surface area contributed by atoms with E-state index in [9.17, 15) is 9.59 Å². The summed E-state index contributed by atoms with van der Waals surface area (Å²) in [6.07, 6.45) is 1.79. The Kier molecular flexibility index (Phi) is 5.28. The Labute approximate surface area is 154 Å². The van der Waals surface area contributed by atoms with Crippen LogP contribution in [0.3, 0.4) is 0 Å². The number of halogens is 1. The normalized spacial score (nSPS) is 17.3. The van der Waals surface area contributed by atoms with E-state index in [4.69, 9.17) is 0 Å². The topological polar surface area (TPSA) is 61.8 Å². The predicted molar refractivity (Wildman–Crippen MR) is 102 cm³/mol. The number of rotatable bonds is 4. The molecule has 6 heteroatoms. The number of anilines is 1. The van der Waals surface area contributed by atoms with E-state index >= 15 is 0 Å². The smallest absolute Gasteiger partial charge is 0.245 e. The lowest BCUT2D eigenvalue weighted by atomic mass is 10.1. The molecule has 1 aliphatic rings. The Morgan fingerprint density at radius 3 is 2.68 bits per heavy atom. The van der Waals surface area contributed by atoms with Gasteiger partial charge in [-0.3, -0.25) is 9.59 Å². The fourth-order valence-electron chi connectivity index (χ4n) is 2.79. The first-order valence-corrected chi connectivity index (χ1v) is 8.78. The minimum Gasteiger partial charge on any atom is -0.311 e. The molecule has 1 aliphatic heterocycles. The number of nitrogens with zero attached hydrogens (tertiary/aromatic N) is 2. The second-order valence-electron chi connectivity index (χ2n) is 5.98. The Hall–Kier alpha value is -2.47. The summed E-state index contributed by atoms with van der Waals surface area (Å²) in [4.78, 5) is 26.2. The van der Waals surface area contributed by atoms with Crippen LogP contribution in [-0.2, 0) is 9.59 Å². The van der Waals surface area contributed by atoms with Gasteiger partial charge in [-0.2, -0.15) is 5.10 Å². The maximum atomic E-state index is 12.3. The SMILES string of the molecule is Cc1ccccc1N1C[C@@H](C(=O)NN=Cc2ccc(Br)cc2)CC1=O. The maximum Gasteiger partial charge on any atom is 0.245 e. The highest BCUT2D eigenvalue weighted by Gasteiger charge is 2.35. The number of nitrogens with one attached hydrogen (secondary N) is 1. The highest BCUT2D eigenvalue weighted by molar-refractivity contribution is 9.10. The average Bonchev–Trinajstić information content (AvgIpc) is 2.99. The molecule has 0 aliphatic carbocycles. The fraction of sp³-hybridized carbons (Fsp3) is 0.211. The zero-order chi connectivity index (χ0) is 17.8. The molecule has 3 rings (SSSR count). The lowest BCUT2D eigenvalue weighted by Gasteiger charge is -2.18. The van der Waals surface area contributed by atoms with Gasteiger partial charge in [0, 0.05) is 23.1 Å². The van der Waals surface area contributed by atoms with Gasteiger partial charge >= 0.3 is 0 Å². The molecule has 2 aromatic rings. The first-order valence-electron chi connectivity index (χ1n) is 7.99. The molecule has 25 heavy (non-hydrogen) atoms. The number of carbonyl (C=O) groups is 2. The van der Waals surface area contributed by atoms with E-state index < -0.39 is 5.92 Å². The van der Waals surface area contributed by atoms with Gasteiger partial charge in [-0.05, 0) is 36.2 Å². The maximum absolute atomic E-state index is 12.3. The zero-order valence-electron chi connectivity index (χ0n) is 13.8. The largest absolute Gasteiger partial charge is 0.311 e. The summed E-state index contributed by atoms with van der Waals surface area (Å²) >= 11 is 3.37. The second kappa shape index (κ2) is 7.61. The molecular formula is C19H18BrN3O2. The average molecular weight is 400 g/mol. The van der Waals surface area contributed by atoms with Crippen LogP contribution >= 0.6 is 15.9 Å². The second-order valence-corrected chi connectivity index (χ2v) is 6.89. The van der Waals surface area contributed by atoms with Gasteiger partial charge in [-0.15, -0.1) is 0 Å². The van der Waals surface area contributed by atoms with Crippen LogP contribution < -0.4 is 10.3 Å². The van der Waals surface area contributed by atoms with Gasteiger partial charge in [0.05, 0.1) is 12.1 Å². The third-order valence-electron chi connectivity index (χ3n) is 4.16. The van der Waals surface area contributed by atoms with Crippen molar-refractivity contribution in [3.05, 3.63) is 64.1 Å². The first kappa shape index (κ1) is 17.4. The van der Waals surface area contributed by atoms with Crippen molar-refractivity contribution in [2.45, 2.75) is 13.3 Å². The molecule has 2 aromatic carbocycles. The lowest BCUT2D eigenvalue weighted by molar-refractivity contribution is -0.126. The minimum atomic E-state index is -0.394. The van der Waals surface area contributed by atoms with Crippen molar-refractivity contribution < 1.29 is 9.59 Å². The van der Waals surface area contributed by atoms with Crippen molar-refractivity contribution in [3.63, 3.8) is 0 Å². The summed E-state index contributed by atoms with van der Waals surface area (Å²) in [6, 6.07) is 15.3. The number of hydrogen-bond donors (Lipinski definition) is 1. The van der Waals surface area contributed by atoms with Crippen LogP contribution in [-0.4, -0.2) is 24.6 Å². The molecule has 128 valence electrons. The number of hydrazone groups is 1. The summed E-state index contributed by atoms with van der Waals surface area (Å²) in [7, 11) is 0. The Morgan fingerprint density at radius 2 is 1.96 bits per heavy atom. The molecule has 5 nitrogen and oxygen atoms in total. The van der Waals surface area contributed by atoms with E-state index in [1.54, 1.807) is 11.1 Å². The standard InChI is InChI=1S/C19H18BrN3O2/c1-13-4-2-3-5-17(13)23-12-15(10-18(23)24)19(25)22-21-11-14-6-8-16(20)9-7-14/h2-9,11,15H,10,12H2,1H3,(H,22,25)/t15-/m0/s1. The third kappa shape index (κ3) is 4.14. The summed E-state index contributed by atoms with van der Waals surface area (Å²) in [5.41, 5.74) is 5.30. The van der Waals surface area contributed by atoms with Crippen molar-refractivity contribution in [2.75, 3.05) is 11.4 Å². The van der Waals surface area contributed by atoms with Crippen molar-refractivity contribution in [1.29, 1.82) is 0 Å². The van der Waals surface area contributed by atoms with E-state index in [0.717, 1.165) is 21.3 Å². The molecule has 0 saturated carbocycles. The Bertz CT molecular complexity index is 818. The van der Waals surface area contributed by atoms with Gasteiger partial charge in [-0.1, -0.05) is 46.3 Å². The van der Waals surface area contributed by atoms with Crippen LogP contribution in [0.15, 0.2) is 58.1 Å². The third-order valence-corrected chi connectivity index (χ3v) is 4.69. The molecule has 1 N–H and O–H groups in total. The van der Waals surface area contributed by atoms with Crippen LogP contribution in [0.2, 0.25) is 0 Å². The summed E-state index contributed by atoms with van der Waals surface area (Å²) in [5, 5.41) is 3.99. The highest BCUT2D eigenvalue weighted by atomic mass is 79.9. The van der Waals surface area contributed by atoms with Crippen LogP contribution in [0.4, 0.5) is 5.69 Å². The molecule has 1 fully saturated rings. The minimum absolute atomic E-state index is 0.0358. The molecule has 1 atom stereocenters. The molecule has 2 amide bonds. The van der Waals surface area contributed by atoms with E-state index in [2.05, 4.69) is 26.5 Å². The monoisotopic (exact) mass is 399 g/mol. The van der Waals surface area contributed by atoms with Crippen LogP contribution in [0.1, 0.15) is 17.5 Å². The van der Waals surface area contributed by atoms with E-state index in [1.807, 2.05) is 55.5 Å². The van der Waals surface area contributed by atoms with Gasteiger partial charge in [-0.25, -0.2) is 5.43 Å². The van der Waals surface area contributed by atoms with Crippen molar-refractivity contribution in [2.24, 2.45) is 11.0 Å². The molecule has 1 heterocycles. The van der Waals surface area contributed by atoms with E-state index in [0.29, 0.717) is 6.54 Å². The molecule has 0 radical (unpaired) electrons. The molecule has 0 spiro atoms. The zero-order valence-corrected chi connectivity index (χ0v) is 15.4. The Morgan fingerprint density at radius 1 is 1.24 bits per heavy atom. The predicted octanol–water partition coefficient (Wildman–Crippen LogP) is 3.26. The molecule has 1 saturated heterocycles. The lowest BCUT2D eigenvalue weighted by Crippen LogP contribution is -2.30. The van der Waals surface area contributed by atoms with Crippen molar-refractivity contribution in [3.8, 4) is 0 Å². The molecule has 0 aromatic heterocycles. The van der Waals surface area contributed by atoms with Crippen molar-refractivity contribution in [1.82, 2.24) is 5.43 Å². The van der Waals surface area contributed by atoms with Crippen LogP contribution in [0.5, 0.6) is 0 Å². The number of aryl methyl sites for hydroxylation is 1. The van der Waals surface area contributed by atoms with E-state index in [-0.39, 0.29) is 18.2 Å². The van der Waals surface area contributed by atoms with Crippen molar-refractivity contribution >= 4 is 39.6 Å². The van der Waals surface area contributed by atoms with Gasteiger partial charge in [0.1, 0.15) is 0 Å². The van der Waals surface area contributed by atoms with Crippen LogP contribution in [0, 0.1) is 12.8 Å². The van der Waals surface area contributed by atoms with E-state index in [1.165, 1.54) is 0 Å². The van der Waals surface area contributed by atoms with Gasteiger partial charge in [0.15, 0.2) is 0 Å². The number of carbonyl (C=O) groups excluding carboxylic acids is 2. The number of benzene rings is 2. The Balaban J connectivity index is 1.61. The van der Waals surface area contributed by atoms with Gasteiger partial charge < -0.3 is 4.90 Å². The summed E-state index contributed by atoms with van der Waals surface area (Å²) < 4.78 is 0.981. The summed E-state index contributed by atoms with van der Waals surface area (Å²) in [6.45, 7) is 2.34. The molecule has 0 unspecified atom stereocenters.